The summed E-state index contributed by atoms with van der Waals surface area (Å²) in [4.78, 5) is 11.9. The van der Waals surface area contributed by atoms with Crippen molar-refractivity contribution in [2.24, 2.45) is 5.92 Å². The largest absolute Gasteiger partial charge is 0.396 e. The molecule has 0 aliphatic heterocycles. The fourth-order valence-electron chi connectivity index (χ4n) is 1.81. The molecule has 0 aliphatic carbocycles. The van der Waals surface area contributed by atoms with Crippen molar-refractivity contribution in [3.8, 4) is 6.07 Å². The number of aliphatic hydroxyl groups excluding tert-OH is 1. The van der Waals surface area contributed by atoms with Crippen molar-refractivity contribution in [1.29, 1.82) is 5.26 Å². The Kier molecular flexibility index (Phi) is 5.59. The van der Waals surface area contributed by atoms with Crippen LogP contribution in [-0.2, 0) is 0 Å². The van der Waals surface area contributed by atoms with Crippen molar-refractivity contribution < 1.29 is 18.7 Å². The zero-order chi connectivity index (χ0) is 15.3. The molecule has 0 fully saturated rings. The van der Waals surface area contributed by atoms with Crippen LogP contribution in [0, 0.1) is 28.9 Å². The molecule has 1 atom stereocenters. The number of carbonyl (C=O) groups excluding carboxylic acids is 1. The van der Waals surface area contributed by atoms with Gasteiger partial charge in [0.2, 0.25) is 0 Å². The summed E-state index contributed by atoms with van der Waals surface area (Å²) in [5.74, 6) is -3.04. The lowest BCUT2D eigenvalue weighted by Gasteiger charge is -2.21. The molecule has 2 N–H and O–H groups in total. The van der Waals surface area contributed by atoms with Crippen LogP contribution in [0.2, 0.25) is 0 Å². The van der Waals surface area contributed by atoms with E-state index in [4.69, 9.17) is 10.4 Å². The number of rotatable bonds is 5. The number of nitriles is 1. The molecule has 1 aromatic rings. The van der Waals surface area contributed by atoms with E-state index in [1.807, 2.05) is 13.8 Å². The second-order valence-corrected chi connectivity index (χ2v) is 4.76. The number of hydrogen-bond acceptors (Lipinski definition) is 3. The van der Waals surface area contributed by atoms with Gasteiger partial charge in [0.1, 0.15) is 17.2 Å². The van der Waals surface area contributed by atoms with Crippen LogP contribution in [0.5, 0.6) is 0 Å². The smallest absolute Gasteiger partial charge is 0.257 e. The maximum absolute atomic E-state index is 13.7. The fourth-order valence-corrected chi connectivity index (χ4v) is 1.81. The first-order chi connectivity index (χ1) is 9.40. The number of nitrogens with one attached hydrogen (secondary N) is 1. The second kappa shape index (κ2) is 6.96. The summed E-state index contributed by atoms with van der Waals surface area (Å²) in [6, 6.07) is 2.85. The van der Waals surface area contributed by atoms with Crippen LogP contribution in [0.1, 0.15) is 36.2 Å². The van der Waals surface area contributed by atoms with Crippen molar-refractivity contribution in [2.75, 3.05) is 6.61 Å². The van der Waals surface area contributed by atoms with Gasteiger partial charge in [-0.15, -0.1) is 0 Å². The molecule has 0 bridgehead atoms. The number of amides is 1. The number of aliphatic hydroxyl groups is 1. The third-order valence-corrected chi connectivity index (χ3v) is 2.96. The maximum Gasteiger partial charge on any atom is 0.257 e. The SMILES string of the molecule is CC(C)C(CCO)NC(=O)c1c(F)cc(C#N)cc1F. The van der Waals surface area contributed by atoms with Gasteiger partial charge in [-0.2, -0.15) is 5.26 Å². The van der Waals surface area contributed by atoms with E-state index in [2.05, 4.69) is 5.32 Å². The molecule has 1 unspecified atom stereocenters. The molecule has 0 saturated carbocycles. The molecule has 0 spiro atoms. The molecule has 20 heavy (non-hydrogen) atoms. The van der Waals surface area contributed by atoms with Gasteiger partial charge in [-0.25, -0.2) is 8.78 Å². The number of hydrogen-bond donors (Lipinski definition) is 2. The number of nitrogens with zero attached hydrogens (tertiary/aromatic N) is 1. The standard InChI is InChI=1S/C14H16F2N2O2/c1-8(2)12(3-4-19)18-14(20)13-10(15)5-9(7-17)6-11(13)16/h5-6,8,12,19H,3-4H2,1-2H3,(H,18,20). The minimum absolute atomic E-state index is 0.00982. The summed E-state index contributed by atoms with van der Waals surface area (Å²) in [7, 11) is 0. The summed E-state index contributed by atoms with van der Waals surface area (Å²) >= 11 is 0. The predicted octanol–water partition coefficient (Wildman–Crippen LogP) is 1.97. The molecule has 4 nitrogen and oxygen atoms in total. The van der Waals surface area contributed by atoms with Gasteiger partial charge in [0.25, 0.3) is 5.91 Å². The molecule has 108 valence electrons. The molecule has 1 rings (SSSR count). The highest BCUT2D eigenvalue weighted by atomic mass is 19.1. The van der Waals surface area contributed by atoms with Crippen LogP contribution < -0.4 is 5.32 Å². The Morgan fingerprint density at radius 3 is 2.35 bits per heavy atom. The Balaban J connectivity index is 3.01. The van der Waals surface area contributed by atoms with Gasteiger partial charge >= 0.3 is 0 Å². The van der Waals surface area contributed by atoms with Gasteiger partial charge in [-0.3, -0.25) is 4.79 Å². The highest BCUT2D eigenvalue weighted by Gasteiger charge is 2.22. The average molecular weight is 282 g/mol. The first-order valence-corrected chi connectivity index (χ1v) is 6.21. The Labute approximate surface area is 116 Å². The van der Waals surface area contributed by atoms with Gasteiger partial charge < -0.3 is 10.4 Å². The van der Waals surface area contributed by atoms with Crippen LogP contribution in [-0.4, -0.2) is 23.7 Å². The minimum Gasteiger partial charge on any atom is -0.396 e. The van der Waals surface area contributed by atoms with Crippen molar-refractivity contribution >= 4 is 5.91 Å². The molecule has 0 heterocycles. The van der Waals surface area contributed by atoms with Crippen LogP contribution in [0.4, 0.5) is 8.78 Å². The molecule has 1 aromatic carbocycles. The topological polar surface area (TPSA) is 73.1 Å². The van der Waals surface area contributed by atoms with Crippen molar-refractivity contribution in [3.63, 3.8) is 0 Å². The van der Waals surface area contributed by atoms with Crippen LogP contribution in [0.3, 0.4) is 0 Å². The van der Waals surface area contributed by atoms with Gasteiger partial charge in [-0.05, 0) is 24.5 Å². The predicted molar refractivity (Wildman–Crippen MR) is 68.9 cm³/mol. The minimum atomic E-state index is -1.08. The Morgan fingerprint density at radius 2 is 1.95 bits per heavy atom. The third kappa shape index (κ3) is 3.75. The van der Waals surface area contributed by atoms with E-state index in [0.29, 0.717) is 6.42 Å². The maximum atomic E-state index is 13.7. The van der Waals surface area contributed by atoms with E-state index in [-0.39, 0.29) is 24.1 Å². The van der Waals surface area contributed by atoms with Crippen molar-refractivity contribution in [1.82, 2.24) is 5.32 Å². The summed E-state index contributed by atoms with van der Waals surface area (Å²) in [5.41, 5.74) is -0.903. The Morgan fingerprint density at radius 1 is 1.40 bits per heavy atom. The summed E-state index contributed by atoms with van der Waals surface area (Å²) in [5, 5.41) is 20.0. The Hall–Kier alpha value is -2.00. The first-order valence-electron chi connectivity index (χ1n) is 6.21. The Bertz CT molecular complexity index is 515. The zero-order valence-electron chi connectivity index (χ0n) is 11.3. The number of benzene rings is 1. The van der Waals surface area contributed by atoms with Gasteiger partial charge in [-0.1, -0.05) is 13.8 Å². The van der Waals surface area contributed by atoms with Gasteiger partial charge in [0.15, 0.2) is 0 Å². The molecular weight excluding hydrogens is 266 g/mol. The summed E-state index contributed by atoms with van der Waals surface area (Å²) in [6.07, 6.45) is 0.295. The van der Waals surface area contributed by atoms with E-state index in [9.17, 15) is 13.6 Å². The highest BCUT2D eigenvalue weighted by Crippen LogP contribution is 2.16. The first kappa shape index (κ1) is 16.1. The van der Waals surface area contributed by atoms with E-state index >= 15 is 0 Å². The molecule has 6 heteroatoms. The lowest BCUT2D eigenvalue weighted by atomic mass is 10.0. The highest BCUT2D eigenvalue weighted by molar-refractivity contribution is 5.95. The lowest BCUT2D eigenvalue weighted by molar-refractivity contribution is 0.0908. The van der Waals surface area contributed by atoms with Crippen LogP contribution in [0.25, 0.3) is 0 Å². The second-order valence-electron chi connectivity index (χ2n) is 4.76. The summed E-state index contributed by atoms with van der Waals surface area (Å²) < 4.78 is 27.4. The van der Waals surface area contributed by atoms with E-state index < -0.39 is 23.1 Å². The quantitative estimate of drug-likeness (QED) is 0.867. The van der Waals surface area contributed by atoms with Gasteiger partial charge in [0.05, 0.1) is 11.6 Å². The van der Waals surface area contributed by atoms with E-state index in [1.54, 1.807) is 6.07 Å². The number of halogens is 2. The molecule has 0 radical (unpaired) electrons. The zero-order valence-corrected chi connectivity index (χ0v) is 11.3. The van der Waals surface area contributed by atoms with Crippen LogP contribution >= 0.6 is 0 Å². The molecule has 0 aliphatic rings. The molecular formula is C14H16F2N2O2. The number of carbonyl (C=O) groups is 1. The van der Waals surface area contributed by atoms with Crippen molar-refractivity contribution in [3.05, 3.63) is 34.9 Å². The normalized spacial score (nSPS) is 12.1. The van der Waals surface area contributed by atoms with Crippen molar-refractivity contribution in [2.45, 2.75) is 26.3 Å². The van der Waals surface area contributed by atoms with E-state index in [1.165, 1.54) is 0 Å². The third-order valence-electron chi connectivity index (χ3n) is 2.96. The molecule has 1 amide bonds. The molecule has 0 aromatic heterocycles. The van der Waals surface area contributed by atoms with E-state index in [0.717, 1.165) is 12.1 Å². The van der Waals surface area contributed by atoms with Gasteiger partial charge in [0, 0.05) is 12.6 Å². The van der Waals surface area contributed by atoms with Crippen LogP contribution in [0.15, 0.2) is 12.1 Å². The average Bonchev–Trinajstić information content (AvgIpc) is 2.37. The molecule has 0 saturated heterocycles. The summed E-state index contributed by atoms with van der Waals surface area (Å²) in [6.45, 7) is 3.51. The lowest BCUT2D eigenvalue weighted by Crippen LogP contribution is -2.40. The fraction of sp³-hybridized carbons (Fsp3) is 0.429. The monoisotopic (exact) mass is 282 g/mol.